The Labute approximate surface area is 139 Å². The Morgan fingerprint density at radius 2 is 1.78 bits per heavy atom. The summed E-state index contributed by atoms with van der Waals surface area (Å²) in [6.45, 7) is 0. The molecule has 0 amide bonds. The van der Waals surface area contributed by atoms with E-state index in [9.17, 15) is 4.79 Å². The standard InChI is InChI=1S/C21H27NO/c23-21(18-12-6-2-7-13-18)16-20(17-10-4-1-5-11-17)22-19-14-8-3-9-15-19/h1,4-5,10-12,16,19,22H,2-3,6-9,13-15H2/b20-16-. The molecule has 1 saturated carbocycles. The molecular weight excluding hydrogens is 282 g/mol. The van der Waals surface area contributed by atoms with Gasteiger partial charge in [0.05, 0.1) is 0 Å². The Balaban J connectivity index is 1.80. The summed E-state index contributed by atoms with van der Waals surface area (Å²) in [5, 5.41) is 3.66. The number of hydrogen-bond donors (Lipinski definition) is 1. The van der Waals surface area contributed by atoms with Gasteiger partial charge in [-0.2, -0.15) is 0 Å². The van der Waals surface area contributed by atoms with Crippen LogP contribution in [0.3, 0.4) is 0 Å². The van der Waals surface area contributed by atoms with Crippen molar-refractivity contribution < 1.29 is 4.79 Å². The molecule has 0 heterocycles. The SMILES string of the molecule is O=C(/C=C(\NC1CCCCC1)c1ccccc1)C1=CCCCC1. The monoisotopic (exact) mass is 309 g/mol. The molecule has 0 aromatic heterocycles. The van der Waals surface area contributed by atoms with E-state index >= 15 is 0 Å². The van der Waals surface area contributed by atoms with Crippen molar-refractivity contribution in [1.82, 2.24) is 5.32 Å². The van der Waals surface area contributed by atoms with Gasteiger partial charge in [0.1, 0.15) is 0 Å². The molecule has 122 valence electrons. The number of allylic oxidation sites excluding steroid dienone is 3. The van der Waals surface area contributed by atoms with Crippen LogP contribution in [-0.2, 0) is 4.79 Å². The summed E-state index contributed by atoms with van der Waals surface area (Å²) in [5.41, 5.74) is 3.10. The van der Waals surface area contributed by atoms with Gasteiger partial charge in [0.2, 0.25) is 0 Å². The van der Waals surface area contributed by atoms with E-state index in [1.165, 1.54) is 38.5 Å². The van der Waals surface area contributed by atoms with Crippen molar-refractivity contribution in [2.75, 3.05) is 0 Å². The largest absolute Gasteiger partial charge is 0.382 e. The lowest BCUT2D eigenvalue weighted by Gasteiger charge is -2.25. The van der Waals surface area contributed by atoms with Gasteiger partial charge >= 0.3 is 0 Å². The predicted octanol–water partition coefficient (Wildman–Crippen LogP) is 5.02. The summed E-state index contributed by atoms with van der Waals surface area (Å²) in [7, 11) is 0. The normalized spacial score (nSPS) is 20.0. The summed E-state index contributed by atoms with van der Waals surface area (Å²) < 4.78 is 0. The molecule has 23 heavy (non-hydrogen) atoms. The predicted molar refractivity (Wildman–Crippen MR) is 96.0 cm³/mol. The second kappa shape index (κ2) is 8.14. The maximum absolute atomic E-state index is 12.6. The van der Waals surface area contributed by atoms with E-state index in [4.69, 9.17) is 0 Å². The minimum absolute atomic E-state index is 0.187. The molecule has 0 aliphatic heterocycles. The van der Waals surface area contributed by atoms with Gasteiger partial charge in [-0.1, -0.05) is 55.7 Å². The zero-order valence-corrected chi connectivity index (χ0v) is 13.9. The maximum Gasteiger partial charge on any atom is 0.183 e. The molecule has 0 bridgehead atoms. The first-order valence-corrected chi connectivity index (χ1v) is 9.10. The van der Waals surface area contributed by atoms with Crippen LogP contribution in [0.4, 0.5) is 0 Å². The fraction of sp³-hybridized carbons (Fsp3) is 0.476. The summed E-state index contributed by atoms with van der Waals surface area (Å²) in [5.74, 6) is 0.187. The minimum atomic E-state index is 0.187. The van der Waals surface area contributed by atoms with Gasteiger partial charge in [-0.15, -0.1) is 0 Å². The van der Waals surface area contributed by atoms with Crippen LogP contribution in [0.15, 0.2) is 48.1 Å². The highest BCUT2D eigenvalue weighted by atomic mass is 16.1. The van der Waals surface area contributed by atoms with Crippen molar-refractivity contribution in [3.8, 4) is 0 Å². The molecule has 2 heteroatoms. The zero-order valence-electron chi connectivity index (χ0n) is 13.9. The van der Waals surface area contributed by atoms with E-state index < -0.39 is 0 Å². The third kappa shape index (κ3) is 4.57. The molecule has 1 aromatic carbocycles. The number of carbonyl (C=O) groups excluding carboxylic acids is 1. The fourth-order valence-electron chi connectivity index (χ4n) is 3.58. The van der Waals surface area contributed by atoms with Crippen molar-refractivity contribution in [2.24, 2.45) is 0 Å². The van der Waals surface area contributed by atoms with Gasteiger partial charge in [-0.25, -0.2) is 0 Å². The molecule has 0 spiro atoms. The third-order valence-electron chi connectivity index (χ3n) is 4.93. The highest BCUT2D eigenvalue weighted by molar-refractivity contribution is 6.08. The molecule has 1 N–H and O–H groups in total. The number of benzene rings is 1. The second-order valence-corrected chi connectivity index (χ2v) is 6.74. The first kappa shape index (κ1) is 16.0. The van der Waals surface area contributed by atoms with Crippen molar-refractivity contribution in [2.45, 2.75) is 63.8 Å². The maximum atomic E-state index is 12.6. The summed E-state index contributed by atoms with van der Waals surface area (Å²) in [4.78, 5) is 12.6. The Morgan fingerprint density at radius 3 is 2.48 bits per heavy atom. The molecule has 0 saturated heterocycles. The molecule has 2 aliphatic carbocycles. The molecule has 1 aromatic rings. The lowest BCUT2D eigenvalue weighted by molar-refractivity contribution is -0.111. The first-order chi connectivity index (χ1) is 11.3. The van der Waals surface area contributed by atoms with E-state index in [-0.39, 0.29) is 5.78 Å². The van der Waals surface area contributed by atoms with Crippen molar-refractivity contribution in [1.29, 1.82) is 0 Å². The molecule has 0 unspecified atom stereocenters. The molecule has 2 nitrogen and oxygen atoms in total. The van der Waals surface area contributed by atoms with Gasteiger partial charge in [-0.05, 0) is 49.7 Å². The molecule has 0 radical (unpaired) electrons. The average molecular weight is 309 g/mol. The van der Waals surface area contributed by atoms with E-state index in [0.29, 0.717) is 6.04 Å². The van der Waals surface area contributed by atoms with Crippen LogP contribution in [0.1, 0.15) is 63.4 Å². The average Bonchev–Trinajstić information content (AvgIpc) is 2.63. The van der Waals surface area contributed by atoms with Gasteiger partial charge in [0.25, 0.3) is 0 Å². The summed E-state index contributed by atoms with van der Waals surface area (Å²) in [6, 6.07) is 10.8. The van der Waals surface area contributed by atoms with Gasteiger partial charge in [0.15, 0.2) is 5.78 Å². The minimum Gasteiger partial charge on any atom is -0.382 e. The molecular formula is C21H27NO. The van der Waals surface area contributed by atoms with Gasteiger partial charge in [0, 0.05) is 17.8 Å². The molecule has 1 fully saturated rings. The van der Waals surface area contributed by atoms with Crippen LogP contribution in [0.25, 0.3) is 5.70 Å². The fourth-order valence-corrected chi connectivity index (χ4v) is 3.58. The third-order valence-corrected chi connectivity index (χ3v) is 4.93. The second-order valence-electron chi connectivity index (χ2n) is 6.74. The molecule has 2 aliphatic rings. The highest BCUT2D eigenvalue weighted by Crippen LogP contribution is 2.23. The van der Waals surface area contributed by atoms with Crippen molar-refractivity contribution in [3.05, 3.63) is 53.6 Å². The smallest absolute Gasteiger partial charge is 0.183 e. The number of carbonyl (C=O) groups is 1. The highest BCUT2D eigenvalue weighted by Gasteiger charge is 2.17. The quantitative estimate of drug-likeness (QED) is 0.774. The molecule has 0 atom stereocenters. The Kier molecular flexibility index (Phi) is 5.68. The van der Waals surface area contributed by atoms with E-state index in [1.54, 1.807) is 0 Å². The van der Waals surface area contributed by atoms with Crippen LogP contribution in [0.2, 0.25) is 0 Å². The van der Waals surface area contributed by atoms with E-state index in [1.807, 2.05) is 24.3 Å². The van der Waals surface area contributed by atoms with Crippen LogP contribution in [0.5, 0.6) is 0 Å². The lowest BCUT2D eigenvalue weighted by Crippen LogP contribution is -2.30. The van der Waals surface area contributed by atoms with Crippen molar-refractivity contribution >= 4 is 11.5 Å². The summed E-state index contributed by atoms with van der Waals surface area (Å²) in [6.07, 6.45) is 14.6. The first-order valence-electron chi connectivity index (χ1n) is 9.10. The van der Waals surface area contributed by atoms with E-state index in [0.717, 1.165) is 36.1 Å². The van der Waals surface area contributed by atoms with Crippen LogP contribution in [0, 0.1) is 0 Å². The van der Waals surface area contributed by atoms with Gasteiger partial charge in [-0.3, -0.25) is 4.79 Å². The van der Waals surface area contributed by atoms with Crippen LogP contribution in [-0.4, -0.2) is 11.8 Å². The Morgan fingerprint density at radius 1 is 1.00 bits per heavy atom. The Bertz CT molecular complexity index is 579. The Hall–Kier alpha value is -1.83. The number of ketones is 1. The van der Waals surface area contributed by atoms with Gasteiger partial charge < -0.3 is 5.32 Å². The number of rotatable bonds is 5. The van der Waals surface area contributed by atoms with E-state index in [2.05, 4.69) is 23.5 Å². The lowest BCUT2D eigenvalue weighted by atomic mass is 9.93. The van der Waals surface area contributed by atoms with Crippen LogP contribution >= 0.6 is 0 Å². The van der Waals surface area contributed by atoms with Crippen molar-refractivity contribution in [3.63, 3.8) is 0 Å². The topological polar surface area (TPSA) is 29.1 Å². The molecule has 3 rings (SSSR count). The van der Waals surface area contributed by atoms with Crippen LogP contribution < -0.4 is 5.32 Å². The number of nitrogens with one attached hydrogen (secondary N) is 1. The number of hydrogen-bond acceptors (Lipinski definition) is 2. The zero-order chi connectivity index (χ0) is 15.9. The summed E-state index contributed by atoms with van der Waals surface area (Å²) >= 11 is 0.